The first-order valence-electron chi connectivity index (χ1n) is 9.23. The number of rotatable bonds is 2. The van der Waals surface area contributed by atoms with Gasteiger partial charge in [-0.25, -0.2) is 4.98 Å². The third kappa shape index (κ3) is 2.69. The molecular weight excluding hydrogens is 328 g/mol. The number of carbonyl (C=O) groups excluding carboxylic acids is 1. The second-order valence-corrected chi connectivity index (χ2v) is 7.58. The van der Waals surface area contributed by atoms with Crippen LogP contribution in [0.15, 0.2) is 29.1 Å². The molecule has 0 saturated carbocycles. The molecule has 2 atom stereocenters. The van der Waals surface area contributed by atoms with Crippen molar-refractivity contribution in [3.8, 4) is 0 Å². The van der Waals surface area contributed by atoms with Crippen LogP contribution in [0, 0.1) is 5.92 Å². The number of carbonyl (C=O) groups is 1. The third-order valence-electron chi connectivity index (χ3n) is 5.58. The highest BCUT2D eigenvalue weighted by Gasteiger charge is 2.31. The highest BCUT2D eigenvalue weighted by Crippen LogP contribution is 2.32. The van der Waals surface area contributed by atoms with Crippen molar-refractivity contribution >= 4 is 17.5 Å². The minimum absolute atomic E-state index is 0.0703. The van der Waals surface area contributed by atoms with Gasteiger partial charge in [0.25, 0.3) is 5.56 Å². The van der Waals surface area contributed by atoms with Crippen molar-refractivity contribution < 1.29 is 4.79 Å². The van der Waals surface area contributed by atoms with Gasteiger partial charge in [-0.2, -0.15) is 0 Å². The van der Waals surface area contributed by atoms with Gasteiger partial charge in [0.05, 0.1) is 5.69 Å². The van der Waals surface area contributed by atoms with E-state index in [9.17, 15) is 9.59 Å². The molecule has 2 N–H and O–H groups in total. The van der Waals surface area contributed by atoms with E-state index >= 15 is 0 Å². The van der Waals surface area contributed by atoms with E-state index in [4.69, 9.17) is 5.73 Å². The van der Waals surface area contributed by atoms with E-state index in [1.165, 1.54) is 4.57 Å². The number of hydrogen-bond donors (Lipinski definition) is 1. The Hall–Kier alpha value is -2.63. The number of nitrogens with two attached hydrogens (primary N) is 1. The Labute approximate surface area is 152 Å². The largest absolute Gasteiger partial charge is 0.369 e. The molecule has 1 amide bonds. The van der Waals surface area contributed by atoms with E-state index in [-0.39, 0.29) is 30.0 Å². The van der Waals surface area contributed by atoms with Crippen LogP contribution in [-0.4, -0.2) is 21.5 Å². The smallest absolute Gasteiger partial charge is 0.258 e. The van der Waals surface area contributed by atoms with Crippen LogP contribution in [0.25, 0.3) is 0 Å². The monoisotopic (exact) mass is 352 g/mol. The molecule has 2 heterocycles. The van der Waals surface area contributed by atoms with Crippen molar-refractivity contribution in [3.63, 3.8) is 0 Å². The molecule has 136 valence electrons. The fourth-order valence-electron chi connectivity index (χ4n) is 4.21. The summed E-state index contributed by atoms with van der Waals surface area (Å²) in [7, 11) is 0. The molecule has 0 bridgehead atoms. The lowest BCUT2D eigenvalue weighted by atomic mass is 9.89. The number of hydrogen-bond acceptors (Lipinski definition) is 4. The van der Waals surface area contributed by atoms with Crippen molar-refractivity contribution in [1.29, 1.82) is 0 Å². The third-order valence-corrected chi connectivity index (χ3v) is 5.58. The van der Waals surface area contributed by atoms with Gasteiger partial charge < -0.3 is 10.6 Å². The number of benzene rings is 1. The van der Waals surface area contributed by atoms with Gasteiger partial charge >= 0.3 is 0 Å². The molecule has 0 unspecified atom stereocenters. The molecule has 1 aliphatic heterocycles. The average Bonchev–Trinajstić information content (AvgIpc) is 2.94. The molecule has 2 aliphatic rings. The molecule has 0 spiro atoms. The van der Waals surface area contributed by atoms with Crippen LogP contribution < -0.4 is 16.2 Å². The second-order valence-electron chi connectivity index (χ2n) is 7.58. The summed E-state index contributed by atoms with van der Waals surface area (Å²) >= 11 is 0. The number of aromatic nitrogens is 2. The number of para-hydroxylation sites is 1. The maximum Gasteiger partial charge on any atom is 0.258 e. The second kappa shape index (κ2) is 6.27. The van der Waals surface area contributed by atoms with Crippen LogP contribution in [0.3, 0.4) is 0 Å². The first-order chi connectivity index (χ1) is 12.5. The summed E-state index contributed by atoms with van der Waals surface area (Å²) in [4.78, 5) is 32.1. The standard InChI is InChI=1S/C20H24N4O2/c1-12-7-8-15-16(9-12)22-20(21)23(19(15)26)11-18(25)24-13(2)10-14-5-3-4-6-17(14)24/h3-6,12-13H,7-11H2,1-2H3,(H2,21,22)/t12-,13-/m1/s1. The molecular formula is C20H24N4O2. The maximum absolute atomic E-state index is 13.0. The number of fused-ring (bicyclic) bond motifs is 2. The Kier molecular flexibility index (Phi) is 4.05. The van der Waals surface area contributed by atoms with Gasteiger partial charge in [-0.05, 0) is 50.2 Å². The van der Waals surface area contributed by atoms with Crippen molar-refractivity contribution in [2.75, 3.05) is 10.6 Å². The van der Waals surface area contributed by atoms with Crippen LogP contribution in [0.4, 0.5) is 11.6 Å². The Morgan fingerprint density at radius 2 is 2.04 bits per heavy atom. The first-order valence-corrected chi connectivity index (χ1v) is 9.23. The van der Waals surface area contributed by atoms with Gasteiger partial charge in [-0.15, -0.1) is 0 Å². The van der Waals surface area contributed by atoms with Gasteiger partial charge in [-0.1, -0.05) is 25.1 Å². The first kappa shape index (κ1) is 16.8. The highest BCUT2D eigenvalue weighted by molar-refractivity contribution is 5.96. The lowest BCUT2D eigenvalue weighted by Gasteiger charge is -2.25. The van der Waals surface area contributed by atoms with Crippen LogP contribution in [0.2, 0.25) is 0 Å². The topological polar surface area (TPSA) is 81.2 Å². The van der Waals surface area contributed by atoms with E-state index in [2.05, 4.69) is 11.9 Å². The summed E-state index contributed by atoms with van der Waals surface area (Å²) in [5, 5.41) is 0. The van der Waals surface area contributed by atoms with Gasteiger partial charge in [0, 0.05) is 17.3 Å². The van der Waals surface area contributed by atoms with Crippen LogP contribution in [-0.2, 0) is 30.6 Å². The minimum Gasteiger partial charge on any atom is -0.369 e. The molecule has 0 fully saturated rings. The van der Waals surface area contributed by atoms with Gasteiger partial charge in [-0.3, -0.25) is 14.2 Å². The maximum atomic E-state index is 13.0. The van der Waals surface area contributed by atoms with Crippen molar-refractivity contribution in [1.82, 2.24) is 9.55 Å². The summed E-state index contributed by atoms with van der Waals surface area (Å²) < 4.78 is 1.34. The summed E-state index contributed by atoms with van der Waals surface area (Å²) in [6.45, 7) is 4.11. The van der Waals surface area contributed by atoms with Crippen LogP contribution in [0.5, 0.6) is 0 Å². The SMILES string of the molecule is C[C@@H]1CCc2c(nc(N)n(CC(=O)N3c4ccccc4C[C@H]3C)c2=O)C1. The van der Waals surface area contributed by atoms with E-state index in [0.717, 1.165) is 41.8 Å². The minimum atomic E-state index is -0.159. The highest BCUT2D eigenvalue weighted by atomic mass is 16.2. The number of anilines is 2. The molecule has 26 heavy (non-hydrogen) atoms. The zero-order valence-corrected chi connectivity index (χ0v) is 15.2. The van der Waals surface area contributed by atoms with E-state index in [1.807, 2.05) is 31.2 Å². The normalized spacial score (nSPS) is 21.4. The summed E-state index contributed by atoms with van der Waals surface area (Å²) in [5.74, 6) is 0.520. The Balaban J connectivity index is 1.66. The summed E-state index contributed by atoms with van der Waals surface area (Å²) in [6.07, 6.45) is 3.28. The molecule has 6 heteroatoms. The van der Waals surface area contributed by atoms with Crippen LogP contribution >= 0.6 is 0 Å². The Morgan fingerprint density at radius 3 is 2.85 bits per heavy atom. The molecule has 6 nitrogen and oxygen atoms in total. The summed E-state index contributed by atoms with van der Waals surface area (Å²) in [5.41, 5.74) is 9.50. The molecule has 1 aromatic carbocycles. The quantitative estimate of drug-likeness (QED) is 0.895. The Bertz CT molecular complexity index is 934. The average molecular weight is 352 g/mol. The lowest BCUT2D eigenvalue weighted by Crippen LogP contribution is -2.41. The van der Waals surface area contributed by atoms with Crippen LogP contribution in [0.1, 0.15) is 37.1 Å². The number of nitrogen functional groups attached to an aromatic ring is 1. The molecule has 4 rings (SSSR count). The van der Waals surface area contributed by atoms with E-state index in [0.29, 0.717) is 12.3 Å². The van der Waals surface area contributed by atoms with Gasteiger partial charge in [0.2, 0.25) is 11.9 Å². The van der Waals surface area contributed by atoms with Gasteiger partial charge in [0.15, 0.2) is 0 Å². The molecule has 1 aliphatic carbocycles. The van der Waals surface area contributed by atoms with Crippen molar-refractivity contribution in [3.05, 3.63) is 51.4 Å². The lowest BCUT2D eigenvalue weighted by molar-refractivity contribution is -0.119. The van der Waals surface area contributed by atoms with Gasteiger partial charge in [0.1, 0.15) is 6.54 Å². The van der Waals surface area contributed by atoms with E-state index in [1.54, 1.807) is 4.90 Å². The fraction of sp³-hybridized carbons (Fsp3) is 0.450. The molecule has 0 saturated heterocycles. The predicted octanol–water partition coefficient (Wildman–Crippen LogP) is 1.93. The molecule has 2 aromatic rings. The fourth-order valence-corrected chi connectivity index (χ4v) is 4.21. The summed E-state index contributed by atoms with van der Waals surface area (Å²) in [6, 6.07) is 7.98. The van der Waals surface area contributed by atoms with E-state index < -0.39 is 0 Å². The predicted molar refractivity (Wildman–Crippen MR) is 101 cm³/mol. The zero-order chi connectivity index (χ0) is 18.4. The molecule has 0 radical (unpaired) electrons. The zero-order valence-electron chi connectivity index (χ0n) is 15.2. The van der Waals surface area contributed by atoms with Crippen molar-refractivity contribution in [2.24, 2.45) is 5.92 Å². The number of nitrogens with zero attached hydrogens (tertiary/aromatic N) is 3. The van der Waals surface area contributed by atoms with Crippen molar-refractivity contribution in [2.45, 2.75) is 52.1 Å². The molecule has 1 aromatic heterocycles. The number of amides is 1. The Morgan fingerprint density at radius 1 is 1.27 bits per heavy atom.